The Labute approximate surface area is 160 Å². The maximum atomic E-state index is 12.9. The highest BCUT2D eigenvalue weighted by molar-refractivity contribution is 8.00. The third kappa shape index (κ3) is 4.11. The van der Waals surface area contributed by atoms with Gasteiger partial charge in [-0.15, -0.1) is 11.8 Å². The van der Waals surface area contributed by atoms with E-state index in [-0.39, 0.29) is 24.6 Å². The number of hydrogen-bond acceptors (Lipinski definition) is 5. The smallest absolute Gasteiger partial charge is 0.326 e. The molecule has 1 amide bonds. The van der Waals surface area contributed by atoms with E-state index in [9.17, 15) is 24.8 Å². The minimum absolute atomic E-state index is 0.0168. The van der Waals surface area contributed by atoms with Crippen molar-refractivity contribution in [2.75, 3.05) is 0 Å². The summed E-state index contributed by atoms with van der Waals surface area (Å²) in [7, 11) is 0. The number of hydrogen-bond donors (Lipinski definition) is 1. The largest absolute Gasteiger partial charge is 0.480 e. The van der Waals surface area contributed by atoms with Crippen LogP contribution in [0.25, 0.3) is 0 Å². The highest BCUT2D eigenvalue weighted by Crippen LogP contribution is 2.30. The van der Waals surface area contributed by atoms with E-state index in [1.54, 1.807) is 19.1 Å². The number of nitro groups is 1. The molecule has 1 heterocycles. The van der Waals surface area contributed by atoms with E-state index >= 15 is 0 Å². The molecular formula is C19H18N2O5S. The van der Waals surface area contributed by atoms with Gasteiger partial charge < -0.3 is 10.0 Å². The molecule has 2 aromatic carbocycles. The topological polar surface area (TPSA) is 101 Å². The van der Waals surface area contributed by atoms with Crippen LogP contribution < -0.4 is 0 Å². The number of amides is 1. The van der Waals surface area contributed by atoms with E-state index in [1.807, 2.05) is 24.3 Å². The molecule has 2 unspecified atom stereocenters. The van der Waals surface area contributed by atoms with Crippen LogP contribution in [0.2, 0.25) is 0 Å². The summed E-state index contributed by atoms with van der Waals surface area (Å²) in [6.45, 7) is 1.98. The van der Waals surface area contributed by atoms with Crippen LogP contribution in [-0.4, -0.2) is 38.1 Å². The Morgan fingerprint density at radius 3 is 2.41 bits per heavy atom. The van der Waals surface area contributed by atoms with Crippen molar-refractivity contribution in [3.63, 3.8) is 0 Å². The fourth-order valence-corrected chi connectivity index (χ4v) is 4.05. The van der Waals surface area contributed by atoms with E-state index in [0.29, 0.717) is 4.90 Å². The standard InChI is InChI=1S/C19H18N2O5S/c1-12(27-16-8-6-15(7-9-16)21(25)26)18(22)20-11-14-5-3-2-4-13(14)10-17(20)19(23)24/h2-9,12,17H,10-11H2,1H3,(H,23,24). The van der Waals surface area contributed by atoms with Crippen molar-refractivity contribution in [2.24, 2.45) is 0 Å². The van der Waals surface area contributed by atoms with Crippen molar-refractivity contribution in [1.82, 2.24) is 4.90 Å². The zero-order chi connectivity index (χ0) is 19.6. The zero-order valence-electron chi connectivity index (χ0n) is 14.6. The second-order valence-corrected chi connectivity index (χ2v) is 7.72. The number of carbonyl (C=O) groups is 2. The first kappa shape index (κ1) is 18.9. The molecule has 0 saturated carbocycles. The van der Waals surface area contributed by atoms with E-state index in [2.05, 4.69) is 0 Å². The van der Waals surface area contributed by atoms with E-state index in [4.69, 9.17) is 0 Å². The minimum atomic E-state index is -1.02. The molecule has 0 fully saturated rings. The normalized spacial score (nSPS) is 17.1. The van der Waals surface area contributed by atoms with Gasteiger partial charge in [0.2, 0.25) is 5.91 Å². The van der Waals surface area contributed by atoms with Gasteiger partial charge in [-0.1, -0.05) is 24.3 Å². The van der Waals surface area contributed by atoms with Gasteiger partial charge in [0.25, 0.3) is 5.69 Å². The molecule has 0 radical (unpaired) electrons. The molecule has 0 aliphatic carbocycles. The van der Waals surface area contributed by atoms with Gasteiger partial charge in [0.1, 0.15) is 6.04 Å². The third-order valence-corrected chi connectivity index (χ3v) is 5.62. The van der Waals surface area contributed by atoms with Crippen LogP contribution in [0.3, 0.4) is 0 Å². The van der Waals surface area contributed by atoms with Gasteiger partial charge in [-0.3, -0.25) is 14.9 Å². The Morgan fingerprint density at radius 1 is 1.19 bits per heavy atom. The number of carbonyl (C=O) groups excluding carboxylic acids is 1. The number of carboxylic acids is 1. The van der Waals surface area contributed by atoms with Crippen molar-refractivity contribution in [2.45, 2.75) is 36.1 Å². The predicted octanol–water partition coefficient (Wildman–Crippen LogP) is 3.11. The summed E-state index contributed by atoms with van der Waals surface area (Å²) >= 11 is 1.25. The molecule has 140 valence electrons. The maximum Gasteiger partial charge on any atom is 0.326 e. The second kappa shape index (κ2) is 7.79. The number of carboxylic acid groups (broad SMARTS) is 1. The molecule has 8 heteroatoms. The number of fused-ring (bicyclic) bond motifs is 1. The first-order valence-corrected chi connectivity index (χ1v) is 9.26. The fourth-order valence-electron chi connectivity index (χ4n) is 3.11. The molecule has 0 bridgehead atoms. The molecule has 3 rings (SSSR count). The van der Waals surface area contributed by atoms with Crippen molar-refractivity contribution < 1.29 is 19.6 Å². The number of benzene rings is 2. The summed E-state index contributed by atoms with van der Waals surface area (Å²) in [6.07, 6.45) is 0.284. The quantitative estimate of drug-likeness (QED) is 0.481. The average Bonchev–Trinajstić information content (AvgIpc) is 2.66. The number of non-ortho nitro benzene ring substituents is 1. The lowest BCUT2D eigenvalue weighted by molar-refractivity contribution is -0.384. The summed E-state index contributed by atoms with van der Waals surface area (Å²) in [5.74, 6) is -1.29. The number of nitrogens with zero attached hydrogens (tertiary/aromatic N) is 2. The van der Waals surface area contributed by atoms with Crippen LogP contribution in [0.5, 0.6) is 0 Å². The van der Waals surface area contributed by atoms with Gasteiger partial charge in [0.15, 0.2) is 0 Å². The monoisotopic (exact) mass is 386 g/mol. The van der Waals surface area contributed by atoms with Crippen molar-refractivity contribution in [3.8, 4) is 0 Å². The molecule has 0 spiro atoms. The van der Waals surface area contributed by atoms with Crippen molar-refractivity contribution in [1.29, 1.82) is 0 Å². The Bertz CT molecular complexity index is 884. The molecule has 7 nitrogen and oxygen atoms in total. The molecular weight excluding hydrogens is 368 g/mol. The van der Waals surface area contributed by atoms with Crippen LogP contribution in [0, 0.1) is 10.1 Å². The third-order valence-electron chi connectivity index (χ3n) is 4.52. The van der Waals surface area contributed by atoms with Crippen molar-refractivity contribution >= 4 is 29.3 Å². The Hall–Kier alpha value is -2.87. The number of nitro benzene ring substituents is 1. The highest BCUT2D eigenvalue weighted by Gasteiger charge is 2.36. The van der Waals surface area contributed by atoms with Gasteiger partial charge in [-0.25, -0.2) is 4.79 Å². The van der Waals surface area contributed by atoms with Gasteiger partial charge in [-0.2, -0.15) is 0 Å². The van der Waals surface area contributed by atoms with Crippen LogP contribution in [0.15, 0.2) is 53.4 Å². The first-order valence-electron chi connectivity index (χ1n) is 8.38. The number of thioether (sulfide) groups is 1. The molecule has 2 aromatic rings. The molecule has 0 saturated heterocycles. The molecule has 2 atom stereocenters. The van der Waals surface area contributed by atoms with Crippen LogP contribution in [-0.2, 0) is 22.6 Å². The molecule has 27 heavy (non-hydrogen) atoms. The average molecular weight is 386 g/mol. The number of rotatable bonds is 5. The molecule has 1 N–H and O–H groups in total. The predicted molar refractivity (Wildman–Crippen MR) is 101 cm³/mol. The van der Waals surface area contributed by atoms with Crippen molar-refractivity contribution in [3.05, 3.63) is 69.8 Å². The Morgan fingerprint density at radius 2 is 1.81 bits per heavy atom. The first-order chi connectivity index (χ1) is 12.9. The van der Waals surface area contributed by atoms with Crippen LogP contribution >= 0.6 is 11.8 Å². The Balaban J connectivity index is 1.76. The lowest BCUT2D eigenvalue weighted by atomic mass is 9.94. The fraction of sp³-hybridized carbons (Fsp3) is 0.263. The SMILES string of the molecule is CC(Sc1ccc([N+](=O)[O-])cc1)C(=O)N1Cc2ccccc2CC1C(=O)O. The Kier molecular flexibility index (Phi) is 5.46. The van der Waals surface area contributed by atoms with Gasteiger partial charge in [-0.05, 0) is 30.2 Å². The summed E-state index contributed by atoms with van der Waals surface area (Å²) < 4.78 is 0. The van der Waals surface area contributed by atoms with Gasteiger partial charge in [0.05, 0.1) is 10.2 Å². The van der Waals surface area contributed by atoms with E-state index < -0.39 is 22.2 Å². The summed E-state index contributed by atoms with van der Waals surface area (Å²) in [5.41, 5.74) is 1.89. The van der Waals surface area contributed by atoms with Gasteiger partial charge >= 0.3 is 5.97 Å². The number of aliphatic carboxylic acids is 1. The second-order valence-electron chi connectivity index (χ2n) is 6.30. The minimum Gasteiger partial charge on any atom is -0.480 e. The molecule has 1 aliphatic heterocycles. The van der Waals surface area contributed by atoms with E-state index in [1.165, 1.54) is 28.8 Å². The summed E-state index contributed by atoms with van der Waals surface area (Å²) in [6, 6.07) is 12.6. The van der Waals surface area contributed by atoms with Crippen LogP contribution in [0.4, 0.5) is 5.69 Å². The summed E-state index contributed by atoms with van der Waals surface area (Å²) in [5, 5.41) is 19.8. The summed E-state index contributed by atoms with van der Waals surface area (Å²) in [4.78, 5) is 37.0. The lowest BCUT2D eigenvalue weighted by Gasteiger charge is -2.35. The zero-order valence-corrected chi connectivity index (χ0v) is 15.4. The molecule has 1 aliphatic rings. The maximum absolute atomic E-state index is 12.9. The highest BCUT2D eigenvalue weighted by atomic mass is 32.2. The molecule has 0 aromatic heterocycles. The van der Waals surface area contributed by atoms with E-state index in [0.717, 1.165) is 11.1 Å². The lowest BCUT2D eigenvalue weighted by Crippen LogP contribution is -2.50. The van der Waals surface area contributed by atoms with Crippen LogP contribution in [0.1, 0.15) is 18.1 Å². The van der Waals surface area contributed by atoms with Gasteiger partial charge in [0, 0.05) is 30.0 Å².